The number of aromatic carboxylic acids is 1. The molecule has 0 saturated carbocycles. The van der Waals surface area contributed by atoms with Gasteiger partial charge in [-0.15, -0.1) is 0 Å². The van der Waals surface area contributed by atoms with Crippen molar-refractivity contribution in [2.75, 3.05) is 0 Å². The van der Waals surface area contributed by atoms with Gasteiger partial charge in [-0.2, -0.15) is 0 Å². The molecule has 2 rings (SSSR count). The van der Waals surface area contributed by atoms with E-state index in [9.17, 15) is 14.7 Å². The van der Waals surface area contributed by atoms with Gasteiger partial charge in [-0.05, 0) is 18.6 Å². The summed E-state index contributed by atoms with van der Waals surface area (Å²) in [5, 5.41) is 13.8. The third-order valence-electron chi connectivity index (χ3n) is 3.04. The first-order valence-corrected chi connectivity index (χ1v) is 6.26. The van der Waals surface area contributed by atoms with E-state index >= 15 is 0 Å². The van der Waals surface area contributed by atoms with Gasteiger partial charge in [-0.3, -0.25) is 4.79 Å². The van der Waals surface area contributed by atoms with Crippen molar-refractivity contribution in [1.29, 1.82) is 0 Å². The predicted octanol–water partition coefficient (Wildman–Crippen LogP) is 1.54. The molecule has 0 spiro atoms. The number of benzene rings is 2. The minimum atomic E-state index is -1.36. The van der Waals surface area contributed by atoms with E-state index in [0.29, 0.717) is 0 Å². The molecule has 102 valence electrons. The number of rotatable bonds is 4. The van der Waals surface area contributed by atoms with Crippen LogP contribution in [-0.2, 0) is 0 Å². The van der Waals surface area contributed by atoms with Crippen molar-refractivity contribution in [2.24, 2.45) is 0 Å². The highest BCUT2D eigenvalue weighted by Gasteiger charge is 2.14. The van der Waals surface area contributed by atoms with Crippen LogP contribution < -0.4 is 10.4 Å². The normalized spacial score (nSPS) is 11.7. The van der Waals surface area contributed by atoms with Crippen LogP contribution in [0.5, 0.6) is 0 Å². The molecular weight excluding hydrogens is 254 g/mol. The molecular formula is C16H14NO3-. The molecule has 0 aromatic heterocycles. The molecule has 0 aliphatic carbocycles. The largest absolute Gasteiger partial charge is 0.545 e. The average Bonchev–Trinajstić information content (AvgIpc) is 2.48. The van der Waals surface area contributed by atoms with Crippen LogP contribution in [0.4, 0.5) is 0 Å². The molecule has 0 fully saturated rings. The number of carbonyl (C=O) groups is 2. The molecule has 1 atom stereocenters. The maximum absolute atomic E-state index is 12.2. The van der Waals surface area contributed by atoms with Gasteiger partial charge in [0.25, 0.3) is 5.91 Å². The van der Waals surface area contributed by atoms with Crippen molar-refractivity contribution < 1.29 is 14.7 Å². The summed E-state index contributed by atoms with van der Waals surface area (Å²) in [5.74, 6) is -1.79. The average molecular weight is 268 g/mol. The Morgan fingerprint density at radius 2 is 1.50 bits per heavy atom. The number of carbonyl (C=O) groups excluding carboxylic acids is 2. The van der Waals surface area contributed by atoms with Crippen molar-refractivity contribution in [2.45, 2.75) is 13.0 Å². The van der Waals surface area contributed by atoms with E-state index in [1.807, 2.05) is 37.3 Å². The lowest BCUT2D eigenvalue weighted by atomic mass is 10.0. The monoisotopic (exact) mass is 268 g/mol. The number of hydrogen-bond donors (Lipinski definition) is 1. The van der Waals surface area contributed by atoms with E-state index in [1.165, 1.54) is 12.1 Å². The molecule has 2 aromatic rings. The van der Waals surface area contributed by atoms with E-state index in [4.69, 9.17) is 0 Å². The summed E-state index contributed by atoms with van der Waals surface area (Å²) in [6.07, 6.45) is 0. The summed E-state index contributed by atoms with van der Waals surface area (Å²) >= 11 is 0. The third-order valence-corrected chi connectivity index (χ3v) is 3.04. The molecule has 1 N–H and O–H groups in total. The lowest BCUT2D eigenvalue weighted by Crippen LogP contribution is -2.31. The fourth-order valence-electron chi connectivity index (χ4n) is 1.96. The molecule has 4 nitrogen and oxygen atoms in total. The molecule has 0 unspecified atom stereocenters. The minimum Gasteiger partial charge on any atom is -0.545 e. The smallest absolute Gasteiger partial charge is 0.252 e. The van der Waals surface area contributed by atoms with Crippen molar-refractivity contribution >= 4 is 11.9 Å². The Morgan fingerprint density at radius 3 is 2.10 bits per heavy atom. The van der Waals surface area contributed by atoms with Crippen molar-refractivity contribution in [1.82, 2.24) is 5.32 Å². The van der Waals surface area contributed by atoms with Gasteiger partial charge in [-0.25, -0.2) is 0 Å². The molecule has 2 aromatic carbocycles. The Labute approximate surface area is 117 Å². The van der Waals surface area contributed by atoms with Crippen LogP contribution in [0, 0.1) is 0 Å². The Kier molecular flexibility index (Phi) is 4.15. The first-order valence-electron chi connectivity index (χ1n) is 6.26. The molecule has 1 amide bonds. The van der Waals surface area contributed by atoms with E-state index in [1.54, 1.807) is 12.1 Å². The highest BCUT2D eigenvalue weighted by molar-refractivity contribution is 6.04. The van der Waals surface area contributed by atoms with Gasteiger partial charge in [0.05, 0.1) is 12.0 Å². The molecule has 4 heteroatoms. The Balaban J connectivity index is 2.19. The second-order valence-electron chi connectivity index (χ2n) is 4.44. The van der Waals surface area contributed by atoms with Crippen LogP contribution in [0.1, 0.15) is 39.2 Å². The van der Waals surface area contributed by atoms with E-state index in [0.717, 1.165) is 5.56 Å². The number of carboxylic acids is 1. The molecule has 0 heterocycles. The van der Waals surface area contributed by atoms with Gasteiger partial charge in [0.1, 0.15) is 0 Å². The van der Waals surface area contributed by atoms with Gasteiger partial charge < -0.3 is 15.2 Å². The van der Waals surface area contributed by atoms with Crippen molar-refractivity contribution in [3.8, 4) is 0 Å². The van der Waals surface area contributed by atoms with Gasteiger partial charge in [0.15, 0.2) is 0 Å². The van der Waals surface area contributed by atoms with E-state index in [2.05, 4.69) is 5.32 Å². The van der Waals surface area contributed by atoms with Gasteiger partial charge in [0.2, 0.25) is 0 Å². The second kappa shape index (κ2) is 6.02. The quantitative estimate of drug-likeness (QED) is 0.914. The first kappa shape index (κ1) is 13.8. The topological polar surface area (TPSA) is 69.2 Å². The summed E-state index contributed by atoms with van der Waals surface area (Å²) in [7, 11) is 0. The second-order valence-corrected chi connectivity index (χ2v) is 4.44. The summed E-state index contributed by atoms with van der Waals surface area (Å²) in [6.45, 7) is 1.84. The number of amides is 1. The van der Waals surface area contributed by atoms with Crippen LogP contribution >= 0.6 is 0 Å². The number of nitrogens with one attached hydrogen (secondary N) is 1. The minimum absolute atomic E-state index is 0.106. The fourth-order valence-corrected chi connectivity index (χ4v) is 1.96. The summed E-state index contributed by atoms with van der Waals surface area (Å²) in [5.41, 5.74) is 0.951. The highest BCUT2D eigenvalue weighted by atomic mass is 16.4. The van der Waals surface area contributed by atoms with Crippen LogP contribution in [0.3, 0.4) is 0 Å². The number of carboxylic acid groups (broad SMARTS) is 1. The fraction of sp³-hybridized carbons (Fsp3) is 0.125. The zero-order valence-electron chi connectivity index (χ0n) is 11.0. The van der Waals surface area contributed by atoms with E-state index in [-0.39, 0.29) is 17.2 Å². The summed E-state index contributed by atoms with van der Waals surface area (Å²) in [4.78, 5) is 23.1. The van der Waals surface area contributed by atoms with Crippen molar-refractivity contribution in [3.05, 3.63) is 71.3 Å². The van der Waals surface area contributed by atoms with E-state index < -0.39 is 11.9 Å². The SMILES string of the molecule is C[C@@H](NC(=O)c1ccccc1C(=O)[O-])c1ccccc1. The highest BCUT2D eigenvalue weighted by Crippen LogP contribution is 2.14. The lowest BCUT2D eigenvalue weighted by Gasteiger charge is -2.16. The summed E-state index contributed by atoms with van der Waals surface area (Å²) < 4.78 is 0. The van der Waals surface area contributed by atoms with Gasteiger partial charge in [0, 0.05) is 11.1 Å². The zero-order chi connectivity index (χ0) is 14.5. The maximum atomic E-state index is 12.2. The lowest BCUT2D eigenvalue weighted by molar-refractivity contribution is -0.255. The standard InChI is InChI=1S/C16H15NO3/c1-11(12-7-3-2-4-8-12)17-15(18)13-9-5-6-10-14(13)16(19)20/h2-11H,1H3,(H,17,18)(H,19,20)/p-1/t11-/m1/s1. The summed E-state index contributed by atoms with van der Waals surface area (Å²) in [6, 6.07) is 15.3. The third kappa shape index (κ3) is 3.03. The predicted molar refractivity (Wildman–Crippen MR) is 73.1 cm³/mol. The van der Waals surface area contributed by atoms with Crippen LogP contribution in [0.25, 0.3) is 0 Å². The molecule has 0 radical (unpaired) electrons. The van der Waals surface area contributed by atoms with Gasteiger partial charge >= 0.3 is 0 Å². The Bertz CT molecular complexity index is 623. The molecule has 0 saturated heterocycles. The molecule has 20 heavy (non-hydrogen) atoms. The maximum Gasteiger partial charge on any atom is 0.252 e. The molecule has 0 bridgehead atoms. The first-order chi connectivity index (χ1) is 9.59. The van der Waals surface area contributed by atoms with Gasteiger partial charge in [-0.1, -0.05) is 48.5 Å². The Morgan fingerprint density at radius 1 is 0.950 bits per heavy atom. The Hall–Kier alpha value is -2.62. The van der Waals surface area contributed by atoms with Crippen LogP contribution in [0.15, 0.2) is 54.6 Å². The molecule has 0 aliphatic rings. The number of hydrogen-bond acceptors (Lipinski definition) is 3. The van der Waals surface area contributed by atoms with Crippen molar-refractivity contribution in [3.63, 3.8) is 0 Å². The van der Waals surface area contributed by atoms with Crippen LogP contribution in [0.2, 0.25) is 0 Å². The molecule has 0 aliphatic heterocycles. The zero-order valence-corrected chi connectivity index (χ0v) is 11.0. The van der Waals surface area contributed by atoms with Crippen LogP contribution in [-0.4, -0.2) is 11.9 Å².